The lowest BCUT2D eigenvalue weighted by Crippen LogP contribution is -2.46. The molecule has 2 aromatic rings. The summed E-state index contributed by atoms with van der Waals surface area (Å²) in [5.41, 5.74) is 1.46. The Bertz CT molecular complexity index is 954. The van der Waals surface area contributed by atoms with E-state index in [-0.39, 0.29) is 29.3 Å². The first-order valence-corrected chi connectivity index (χ1v) is 9.77. The topological polar surface area (TPSA) is 88.2 Å². The van der Waals surface area contributed by atoms with E-state index < -0.39 is 5.54 Å². The number of rotatable bonds is 6. The molecular weight excluding hydrogens is 373 g/mol. The average molecular weight is 395 g/mol. The van der Waals surface area contributed by atoms with Crippen LogP contribution in [0.25, 0.3) is 11.1 Å². The monoisotopic (exact) mass is 395 g/mol. The van der Waals surface area contributed by atoms with Crippen LogP contribution in [0.15, 0.2) is 42.7 Å². The zero-order valence-electron chi connectivity index (χ0n) is 15.9. The van der Waals surface area contributed by atoms with Gasteiger partial charge < -0.3 is 10.6 Å². The fourth-order valence-electron chi connectivity index (χ4n) is 3.61. The van der Waals surface area contributed by atoms with E-state index in [0.717, 1.165) is 24.0 Å². The smallest absolute Gasteiger partial charge is 0.253 e. The lowest BCUT2D eigenvalue weighted by atomic mass is 10.1. The van der Waals surface area contributed by atoms with Crippen molar-refractivity contribution < 1.29 is 18.8 Å². The molecule has 2 amide bonds. The van der Waals surface area contributed by atoms with E-state index in [0.29, 0.717) is 31.4 Å². The number of halogens is 1. The fraction of sp³-hybridized carbons (Fsp3) is 0.364. The molecule has 1 heterocycles. The lowest BCUT2D eigenvalue weighted by molar-refractivity contribution is -0.126. The second-order valence-electron chi connectivity index (χ2n) is 7.90. The number of carbonyl (C=O) groups excluding carboxylic acids is 3. The van der Waals surface area contributed by atoms with Crippen molar-refractivity contribution in [2.24, 2.45) is 5.92 Å². The van der Waals surface area contributed by atoms with Gasteiger partial charge in [0.25, 0.3) is 5.91 Å². The molecule has 0 aliphatic heterocycles. The minimum atomic E-state index is -0.443. The molecule has 0 radical (unpaired) electrons. The van der Waals surface area contributed by atoms with Crippen molar-refractivity contribution in [3.63, 3.8) is 0 Å². The quantitative estimate of drug-likeness (QED) is 0.787. The summed E-state index contributed by atoms with van der Waals surface area (Å²) in [5, 5.41) is 5.90. The first kappa shape index (κ1) is 19.2. The number of hydrogen-bond donors (Lipinski definition) is 2. The molecule has 2 aliphatic carbocycles. The minimum absolute atomic E-state index is 0.114. The Labute approximate surface area is 167 Å². The van der Waals surface area contributed by atoms with Crippen LogP contribution < -0.4 is 10.6 Å². The molecule has 2 aliphatic rings. The van der Waals surface area contributed by atoms with Crippen LogP contribution in [-0.4, -0.2) is 34.7 Å². The highest BCUT2D eigenvalue weighted by Gasteiger charge is 2.45. The van der Waals surface area contributed by atoms with Crippen molar-refractivity contribution in [1.82, 2.24) is 15.6 Å². The first-order chi connectivity index (χ1) is 13.9. The highest BCUT2D eigenvalue weighted by Crippen LogP contribution is 2.35. The highest BCUT2D eigenvalue weighted by atomic mass is 19.1. The number of benzene rings is 1. The molecule has 1 atom stereocenters. The predicted molar refractivity (Wildman–Crippen MR) is 104 cm³/mol. The van der Waals surface area contributed by atoms with Gasteiger partial charge in [-0.15, -0.1) is 0 Å². The number of nitrogens with one attached hydrogen (secondary N) is 2. The van der Waals surface area contributed by atoms with Gasteiger partial charge in [-0.2, -0.15) is 0 Å². The van der Waals surface area contributed by atoms with Crippen LogP contribution in [0.1, 0.15) is 42.5 Å². The van der Waals surface area contributed by atoms with Crippen LogP contribution in [0.4, 0.5) is 4.39 Å². The van der Waals surface area contributed by atoms with Gasteiger partial charge in [0.15, 0.2) is 0 Å². The van der Waals surface area contributed by atoms with Crippen LogP contribution in [0.2, 0.25) is 0 Å². The number of pyridine rings is 1. The van der Waals surface area contributed by atoms with E-state index >= 15 is 0 Å². The molecule has 6 nitrogen and oxygen atoms in total. The van der Waals surface area contributed by atoms with Gasteiger partial charge in [0.2, 0.25) is 5.91 Å². The fourth-order valence-corrected chi connectivity index (χ4v) is 3.61. The molecule has 7 heteroatoms. The SMILES string of the molecule is O=C1CCC(C(=O)NCC2(NC(=O)c3cncc(-c4ccc(F)cc4)c3)CC2)C1. The maximum atomic E-state index is 13.1. The Morgan fingerprint density at radius 3 is 2.55 bits per heavy atom. The Morgan fingerprint density at radius 1 is 1.14 bits per heavy atom. The molecule has 1 aromatic heterocycles. The molecule has 1 aromatic carbocycles. The minimum Gasteiger partial charge on any atom is -0.353 e. The molecule has 0 saturated heterocycles. The van der Waals surface area contributed by atoms with Gasteiger partial charge in [0.05, 0.1) is 11.1 Å². The van der Waals surface area contributed by atoms with Crippen molar-refractivity contribution in [2.45, 2.75) is 37.6 Å². The van der Waals surface area contributed by atoms with Crippen LogP contribution in [-0.2, 0) is 9.59 Å². The number of amides is 2. The van der Waals surface area contributed by atoms with E-state index in [2.05, 4.69) is 15.6 Å². The third-order valence-corrected chi connectivity index (χ3v) is 5.63. The van der Waals surface area contributed by atoms with Crippen LogP contribution in [0.3, 0.4) is 0 Å². The van der Waals surface area contributed by atoms with Crippen molar-refractivity contribution in [3.05, 3.63) is 54.1 Å². The summed E-state index contributed by atoms with van der Waals surface area (Å²) in [6.45, 7) is 0.355. The summed E-state index contributed by atoms with van der Waals surface area (Å²) in [4.78, 5) is 40.4. The largest absolute Gasteiger partial charge is 0.353 e. The zero-order valence-corrected chi connectivity index (χ0v) is 15.9. The third-order valence-electron chi connectivity index (χ3n) is 5.63. The average Bonchev–Trinajstić information content (AvgIpc) is 3.35. The number of nitrogens with zero attached hydrogens (tertiary/aromatic N) is 1. The lowest BCUT2D eigenvalue weighted by Gasteiger charge is -2.19. The highest BCUT2D eigenvalue weighted by molar-refractivity contribution is 5.96. The maximum absolute atomic E-state index is 13.1. The van der Waals surface area contributed by atoms with Crippen LogP contribution in [0.5, 0.6) is 0 Å². The molecule has 0 bridgehead atoms. The predicted octanol–water partition coefficient (Wildman–Crippen LogP) is 2.64. The molecule has 1 unspecified atom stereocenters. The first-order valence-electron chi connectivity index (χ1n) is 9.77. The summed E-state index contributed by atoms with van der Waals surface area (Å²) >= 11 is 0. The van der Waals surface area contributed by atoms with Crippen molar-refractivity contribution in [3.8, 4) is 11.1 Å². The number of Topliss-reactive ketones (excluding diaryl/α,β-unsaturated/α-hetero) is 1. The van der Waals surface area contributed by atoms with Gasteiger partial charge >= 0.3 is 0 Å². The van der Waals surface area contributed by atoms with Gasteiger partial charge in [0, 0.05) is 43.3 Å². The second-order valence-corrected chi connectivity index (χ2v) is 7.90. The van der Waals surface area contributed by atoms with Crippen molar-refractivity contribution >= 4 is 17.6 Å². The van der Waals surface area contributed by atoms with E-state index in [4.69, 9.17) is 0 Å². The normalized spacial score (nSPS) is 19.6. The number of hydrogen-bond acceptors (Lipinski definition) is 4. The molecule has 2 fully saturated rings. The van der Waals surface area contributed by atoms with Crippen LogP contribution >= 0.6 is 0 Å². The summed E-state index contributed by atoms with van der Waals surface area (Å²) in [6.07, 6.45) is 6.07. The van der Waals surface area contributed by atoms with Crippen molar-refractivity contribution in [2.75, 3.05) is 6.54 Å². The van der Waals surface area contributed by atoms with Gasteiger partial charge in [-0.3, -0.25) is 19.4 Å². The van der Waals surface area contributed by atoms with E-state index in [1.165, 1.54) is 18.3 Å². The molecule has 0 spiro atoms. The summed E-state index contributed by atoms with van der Waals surface area (Å²) in [6, 6.07) is 7.72. The third kappa shape index (κ3) is 4.50. The van der Waals surface area contributed by atoms with Gasteiger partial charge in [-0.1, -0.05) is 12.1 Å². The summed E-state index contributed by atoms with van der Waals surface area (Å²) < 4.78 is 13.1. The standard InChI is InChI=1S/C22H22FN3O3/c23-18-4-1-14(2-5-18)16-9-17(12-24-11-16)21(29)26-22(7-8-22)13-25-20(28)15-3-6-19(27)10-15/h1-2,4-5,9,11-12,15H,3,6-8,10,13H2,(H,25,28)(H,26,29). The van der Waals surface area contributed by atoms with E-state index in [1.54, 1.807) is 24.4 Å². The van der Waals surface area contributed by atoms with Gasteiger partial charge in [-0.05, 0) is 43.0 Å². The molecule has 2 saturated carbocycles. The van der Waals surface area contributed by atoms with E-state index in [9.17, 15) is 18.8 Å². The Hall–Kier alpha value is -3.09. The Morgan fingerprint density at radius 2 is 1.90 bits per heavy atom. The molecule has 2 N–H and O–H groups in total. The Kier molecular flexibility index (Phi) is 5.13. The second kappa shape index (κ2) is 7.73. The number of carbonyl (C=O) groups is 3. The van der Waals surface area contributed by atoms with Crippen molar-refractivity contribution in [1.29, 1.82) is 0 Å². The van der Waals surface area contributed by atoms with Gasteiger partial charge in [0.1, 0.15) is 11.6 Å². The summed E-state index contributed by atoms with van der Waals surface area (Å²) in [5.74, 6) is -0.811. The Balaban J connectivity index is 1.37. The van der Waals surface area contributed by atoms with E-state index in [1.807, 2.05) is 0 Å². The summed E-state index contributed by atoms with van der Waals surface area (Å²) in [7, 11) is 0. The molecule has 4 rings (SSSR count). The molecule has 29 heavy (non-hydrogen) atoms. The zero-order chi connectivity index (χ0) is 20.4. The number of ketones is 1. The molecule has 150 valence electrons. The van der Waals surface area contributed by atoms with Crippen LogP contribution in [0, 0.1) is 11.7 Å². The molecular formula is C22H22FN3O3. The number of aromatic nitrogens is 1. The maximum Gasteiger partial charge on any atom is 0.253 e. The van der Waals surface area contributed by atoms with Gasteiger partial charge in [-0.25, -0.2) is 4.39 Å².